The molecule has 1 saturated heterocycles. The smallest absolute Gasteiger partial charge is 0.408 e. The summed E-state index contributed by atoms with van der Waals surface area (Å²) in [5.74, 6) is -0.949. The van der Waals surface area contributed by atoms with Crippen molar-refractivity contribution >= 4 is 23.9 Å². The Labute approximate surface area is 202 Å². The van der Waals surface area contributed by atoms with Crippen LogP contribution in [0.2, 0.25) is 0 Å². The Morgan fingerprint density at radius 2 is 1.76 bits per heavy atom. The number of likely N-dealkylation sites (tertiary alicyclic amines) is 1. The van der Waals surface area contributed by atoms with E-state index >= 15 is 0 Å². The zero-order chi connectivity index (χ0) is 25.4. The van der Waals surface area contributed by atoms with Crippen molar-refractivity contribution in [2.24, 2.45) is 23.2 Å². The summed E-state index contributed by atoms with van der Waals surface area (Å²) in [4.78, 5) is 52.7. The van der Waals surface area contributed by atoms with Crippen molar-refractivity contribution in [2.75, 3.05) is 6.54 Å². The van der Waals surface area contributed by atoms with Crippen LogP contribution in [0.25, 0.3) is 0 Å². The number of rotatable bonds is 7. The first-order valence-corrected chi connectivity index (χ1v) is 12.6. The quantitative estimate of drug-likeness (QED) is 0.516. The second kappa shape index (κ2) is 9.74. The number of carboxylic acid groups (broad SMARTS) is 1. The minimum atomic E-state index is -1.23. The second-order valence-electron chi connectivity index (χ2n) is 11.7. The van der Waals surface area contributed by atoms with E-state index in [-0.39, 0.29) is 17.9 Å². The van der Waals surface area contributed by atoms with Gasteiger partial charge in [-0.15, -0.1) is 0 Å². The van der Waals surface area contributed by atoms with Crippen molar-refractivity contribution in [2.45, 2.75) is 104 Å². The molecule has 1 heterocycles. The number of aliphatic carboxylic acids is 1. The van der Waals surface area contributed by atoms with E-state index in [4.69, 9.17) is 4.74 Å². The predicted octanol–water partition coefficient (Wildman–Crippen LogP) is 2.92. The first-order chi connectivity index (χ1) is 15.8. The molecule has 0 bridgehead atoms. The van der Waals surface area contributed by atoms with Crippen LogP contribution in [0.1, 0.15) is 80.1 Å². The highest BCUT2D eigenvalue weighted by Gasteiger charge is 2.61. The Bertz CT molecular complexity index is 814. The Hall–Kier alpha value is -2.32. The summed E-state index contributed by atoms with van der Waals surface area (Å²) in [6.45, 7) is 12.1. The first-order valence-electron chi connectivity index (χ1n) is 12.6. The van der Waals surface area contributed by atoms with Crippen molar-refractivity contribution in [3.05, 3.63) is 0 Å². The largest absolute Gasteiger partial charge is 0.479 e. The predicted molar refractivity (Wildman–Crippen MR) is 126 cm³/mol. The van der Waals surface area contributed by atoms with Crippen molar-refractivity contribution in [3.63, 3.8) is 0 Å². The maximum absolute atomic E-state index is 13.6. The number of carbonyl (C=O) groups is 4. The van der Waals surface area contributed by atoms with Gasteiger partial charge in [-0.25, -0.2) is 9.59 Å². The molecule has 0 aromatic heterocycles. The molecule has 2 unspecified atom stereocenters. The molecule has 3 aliphatic rings. The lowest BCUT2D eigenvalue weighted by Crippen LogP contribution is -2.59. The normalized spacial score (nSPS) is 33.8. The summed E-state index contributed by atoms with van der Waals surface area (Å²) in [5, 5.41) is 15.2. The van der Waals surface area contributed by atoms with Crippen molar-refractivity contribution in [1.82, 2.24) is 15.5 Å². The molecule has 3 fully saturated rings. The van der Waals surface area contributed by atoms with E-state index in [0.717, 1.165) is 12.8 Å². The number of ether oxygens (including phenoxy) is 1. The molecule has 0 aromatic carbocycles. The summed E-state index contributed by atoms with van der Waals surface area (Å²) in [6, 6.07) is -1.62. The molecule has 2 aliphatic carbocycles. The number of carbonyl (C=O) groups excluding carboxylic acids is 3. The number of nitrogens with zero attached hydrogens (tertiary/aromatic N) is 1. The fourth-order valence-electron chi connectivity index (χ4n) is 5.50. The minimum absolute atomic E-state index is 0.0979. The zero-order valence-electron chi connectivity index (χ0n) is 21.3. The van der Waals surface area contributed by atoms with Crippen LogP contribution in [-0.2, 0) is 19.1 Å². The third kappa shape index (κ3) is 5.33. The van der Waals surface area contributed by atoms with Gasteiger partial charge in [-0.1, -0.05) is 48.0 Å². The number of hydrogen-bond acceptors (Lipinski definition) is 5. The van der Waals surface area contributed by atoms with Crippen LogP contribution < -0.4 is 10.6 Å². The van der Waals surface area contributed by atoms with E-state index in [1.54, 1.807) is 0 Å². The first kappa shape index (κ1) is 26.3. The van der Waals surface area contributed by atoms with Crippen LogP contribution in [0.15, 0.2) is 0 Å². The molecule has 7 atom stereocenters. The molecule has 3 amide bonds. The van der Waals surface area contributed by atoms with Gasteiger partial charge < -0.3 is 25.4 Å². The molecule has 192 valence electrons. The molecule has 0 aromatic rings. The van der Waals surface area contributed by atoms with Gasteiger partial charge in [-0.2, -0.15) is 0 Å². The van der Waals surface area contributed by atoms with Gasteiger partial charge in [0.25, 0.3) is 0 Å². The molecule has 0 radical (unpaired) electrons. The maximum Gasteiger partial charge on any atom is 0.408 e. The van der Waals surface area contributed by atoms with Crippen LogP contribution in [0.4, 0.5) is 4.79 Å². The van der Waals surface area contributed by atoms with Crippen LogP contribution in [0.3, 0.4) is 0 Å². The summed E-state index contributed by atoms with van der Waals surface area (Å²) in [7, 11) is 0. The van der Waals surface area contributed by atoms with Gasteiger partial charge >= 0.3 is 12.1 Å². The lowest BCUT2D eigenvalue weighted by molar-refractivity contribution is -0.146. The van der Waals surface area contributed by atoms with E-state index in [0.29, 0.717) is 44.1 Å². The molecule has 0 spiro atoms. The topological polar surface area (TPSA) is 125 Å². The summed E-state index contributed by atoms with van der Waals surface area (Å²) >= 11 is 0. The van der Waals surface area contributed by atoms with Crippen LogP contribution in [-0.4, -0.2) is 64.2 Å². The Balaban J connectivity index is 1.68. The van der Waals surface area contributed by atoms with E-state index in [1.807, 2.05) is 27.7 Å². The molecule has 9 heteroatoms. The third-order valence-corrected chi connectivity index (χ3v) is 8.05. The van der Waals surface area contributed by atoms with E-state index in [9.17, 15) is 24.3 Å². The van der Waals surface area contributed by atoms with Crippen molar-refractivity contribution < 1.29 is 29.0 Å². The number of nitrogens with one attached hydrogen (secondary N) is 2. The standard InChI is InChI=1S/C25H41N3O6/c1-7-16-13-25(16,22(31)32)27-20(29)18-9-8-10-28(18)21(30)19(24(4,5)6)26-23(33)34-17-11-14(2)15(3)12-17/h14-19H,7-13H2,1-6H3,(H,26,33)(H,27,29)(H,31,32)/t14-,15?,16+,17?,18-,19+,25+/m0/s1. The zero-order valence-corrected chi connectivity index (χ0v) is 21.3. The van der Waals surface area contributed by atoms with Gasteiger partial charge in [0.2, 0.25) is 11.8 Å². The Morgan fingerprint density at radius 3 is 2.26 bits per heavy atom. The van der Waals surface area contributed by atoms with Gasteiger partial charge in [0.05, 0.1) is 0 Å². The minimum Gasteiger partial charge on any atom is -0.479 e. The monoisotopic (exact) mass is 479 g/mol. The maximum atomic E-state index is 13.6. The Kier molecular flexibility index (Phi) is 7.53. The van der Waals surface area contributed by atoms with Gasteiger partial charge in [-0.05, 0) is 55.3 Å². The average Bonchev–Trinajstić information content (AvgIpc) is 3.07. The molecule has 3 rings (SSSR count). The number of alkyl carbamates (subject to hydrolysis) is 1. The van der Waals surface area contributed by atoms with Gasteiger partial charge in [-0.3, -0.25) is 9.59 Å². The molecular formula is C25H41N3O6. The molecule has 34 heavy (non-hydrogen) atoms. The fraction of sp³-hybridized carbons (Fsp3) is 0.840. The highest BCUT2D eigenvalue weighted by Crippen LogP contribution is 2.46. The van der Waals surface area contributed by atoms with Gasteiger partial charge in [0.1, 0.15) is 23.7 Å². The number of amides is 3. The van der Waals surface area contributed by atoms with Crippen LogP contribution in [0, 0.1) is 23.2 Å². The van der Waals surface area contributed by atoms with Gasteiger partial charge in [0, 0.05) is 6.54 Å². The van der Waals surface area contributed by atoms with Crippen molar-refractivity contribution in [3.8, 4) is 0 Å². The van der Waals surface area contributed by atoms with E-state index in [1.165, 1.54) is 4.90 Å². The fourth-order valence-corrected chi connectivity index (χ4v) is 5.50. The number of carboxylic acids is 1. The molecule has 3 N–H and O–H groups in total. The average molecular weight is 480 g/mol. The van der Waals surface area contributed by atoms with E-state index in [2.05, 4.69) is 24.5 Å². The highest BCUT2D eigenvalue weighted by atomic mass is 16.6. The lowest BCUT2D eigenvalue weighted by Gasteiger charge is -2.35. The Morgan fingerprint density at radius 1 is 1.15 bits per heavy atom. The number of hydrogen-bond donors (Lipinski definition) is 3. The molecular weight excluding hydrogens is 438 g/mol. The molecule has 9 nitrogen and oxygen atoms in total. The lowest BCUT2D eigenvalue weighted by atomic mass is 9.85. The molecule has 2 saturated carbocycles. The van der Waals surface area contributed by atoms with Crippen molar-refractivity contribution in [1.29, 1.82) is 0 Å². The SMILES string of the molecule is CC[C@@H]1C[C@]1(NC(=O)[C@@H]1CCCN1C(=O)[C@@H](NC(=O)OC1CC(C)[C@@H](C)C1)C(C)(C)C)C(=O)O. The highest BCUT2D eigenvalue weighted by molar-refractivity contribution is 5.96. The summed E-state index contributed by atoms with van der Waals surface area (Å²) in [6.07, 6.45) is 3.00. The van der Waals surface area contributed by atoms with Crippen LogP contribution in [0.5, 0.6) is 0 Å². The second-order valence-corrected chi connectivity index (χ2v) is 11.7. The third-order valence-electron chi connectivity index (χ3n) is 8.05. The van der Waals surface area contributed by atoms with Crippen LogP contribution >= 0.6 is 0 Å². The van der Waals surface area contributed by atoms with Gasteiger partial charge in [0.15, 0.2) is 0 Å². The van der Waals surface area contributed by atoms with E-state index < -0.39 is 41.0 Å². The molecule has 1 aliphatic heterocycles. The summed E-state index contributed by atoms with van der Waals surface area (Å²) < 4.78 is 5.62. The summed E-state index contributed by atoms with van der Waals surface area (Å²) in [5.41, 5.74) is -1.84.